The van der Waals surface area contributed by atoms with Crippen molar-refractivity contribution in [3.05, 3.63) is 68.5 Å². The quantitative estimate of drug-likeness (QED) is 0.325. The molecule has 3 rings (SSSR count). The topological polar surface area (TPSA) is 130 Å². The largest absolute Gasteiger partial charge is 0.465 e. The number of amides is 1. The normalized spacial score (nSPS) is 11.4. The molecule has 0 spiro atoms. The predicted molar refractivity (Wildman–Crippen MR) is 111 cm³/mol. The zero-order valence-electron chi connectivity index (χ0n) is 16.6. The number of nitro benzene ring substituents is 1. The third kappa shape index (κ3) is 4.83. The lowest BCUT2D eigenvalue weighted by molar-refractivity contribution is -0.384. The van der Waals surface area contributed by atoms with Gasteiger partial charge in [0.1, 0.15) is 6.54 Å². The summed E-state index contributed by atoms with van der Waals surface area (Å²) in [6, 6.07) is 9.80. The summed E-state index contributed by atoms with van der Waals surface area (Å²) in [6.07, 6.45) is 0. The molecule has 0 radical (unpaired) electrons. The number of methoxy groups -OCH3 is 1. The molecule has 1 heterocycles. The summed E-state index contributed by atoms with van der Waals surface area (Å²) in [5.74, 6) is -1.66. The number of rotatable bonds is 6. The summed E-state index contributed by atoms with van der Waals surface area (Å²) < 4.78 is 11.9. The molecule has 0 saturated heterocycles. The van der Waals surface area contributed by atoms with E-state index in [4.69, 9.17) is 9.47 Å². The van der Waals surface area contributed by atoms with Gasteiger partial charge in [0.2, 0.25) is 0 Å². The van der Waals surface area contributed by atoms with Crippen LogP contribution in [0.3, 0.4) is 0 Å². The van der Waals surface area contributed by atoms with Crippen molar-refractivity contribution < 1.29 is 28.8 Å². The van der Waals surface area contributed by atoms with Crippen molar-refractivity contribution in [1.82, 2.24) is 4.57 Å². The van der Waals surface area contributed by atoms with E-state index in [0.717, 1.165) is 11.3 Å². The van der Waals surface area contributed by atoms with Crippen LogP contribution in [0, 0.1) is 10.1 Å². The molecule has 0 aliphatic carbocycles. The predicted octanol–water partition coefficient (Wildman–Crippen LogP) is 2.70. The van der Waals surface area contributed by atoms with Crippen LogP contribution in [0.2, 0.25) is 0 Å². The first kappa shape index (κ1) is 21.8. The zero-order valence-corrected chi connectivity index (χ0v) is 17.4. The van der Waals surface area contributed by atoms with Crippen LogP contribution in [-0.4, -0.2) is 41.1 Å². The fraction of sp³-hybridized carbons (Fsp3) is 0.200. The number of hydrogen-bond acceptors (Lipinski definition) is 8. The number of nitro groups is 1. The molecule has 1 amide bonds. The van der Waals surface area contributed by atoms with Gasteiger partial charge < -0.3 is 14.0 Å². The Morgan fingerprint density at radius 1 is 1.13 bits per heavy atom. The van der Waals surface area contributed by atoms with Crippen LogP contribution in [-0.2, 0) is 20.8 Å². The number of fused-ring (bicyclic) bond motifs is 1. The summed E-state index contributed by atoms with van der Waals surface area (Å²) in [4.78, 5) is 51.1. The van der Waals surface area contributed by atoms with Crippen LogP contribution in [0.4, 0.5) is 5.69 Å². The zero-order chi connectivity index (χ0) is 22.5. The summed E-state index contributed by atoms with van der Waals surface area (Å²) in [5.41, 5.74) is 0.904. The average molecular weight is 443 g/mol. The van der Waals surface area contributed by atoms with E-state index in [2.05, 4.69) is 4.99 Å². The molecule has 11 heteroatoms. The highest BCUT2D eigenvalue weighted by Gasteiger charge is 2.15. The van der Waals surface area contributed by atoms with Crippen LogP contribution in [0.1, 0.15) is 27.6 Å². The third-order valence-electron chi connectivity index (χ3n) is 4.22. The maximum absolute atomic E-state index is 12.6. The van der Waals surface area contributed by atoms with Gasteiger partial charge in [0.15, 0.2) is 4.80 Å². The maximum atomic E-state index is 12.6. The second-order valence-electron chi connectivity index (χ2n) is 6.17. The summed E-state index contributed by atoms with van der Waals surface area (Å²) in [6.45, 7) is 1.69. The summed E-state index contributed by atoms with van der Waals surface area (Å²) >= 11 is 1.11. The Bertz CT molecular complexity index is 1240. The van der Waals surface area contributed by atoms with Gasteiger partial charge in [0, 0.05) is 17.7 Å². The molecule has 10 nitrogen and oxygen atoms in total. The summed E-state index contributed by atoms with van der Waals surface area (Å²) in [5, 5.41) is 10.8. The van der Waals surface area contributed by atoms with Gasteiger partial charge in [-0.2, -0.15) is 4.99 Å². The highest BCUT2D eigenvalue weighted by Crippen LogP contribution is 2.20. The van der Waals surface area contributed by atoms with E-state index >= 15 is 0 Å². The van der Waals surface area contributed by atoms with Gasteiger partial charge in [-0.3, -0.25) is 19.7 Å². The van der Waals surface area contributed by atoms with E-state index in [1.165, 1.54) is 35.9 Å². The summed E-state index contributed by atoms with van der Waals surface area (Å²) in [7, 11) is 1.27. The van der Waals surface area contributed by atoms with Crippen molar-refractivity contribution in [2.75, 3.05) is 13.7 Å². The van der Waals surface area contributed by atoms with E-state index in [0.29, 0.717) is 15.8 Å². The lowest BCUT2D eigenvalue weighted by Crippen LogP contribution is -2.23. The number of aromatic nitrogens is 1. The first-order valence-electron chi connectivity index (χ1n) is 9.05. The first-order valence-corrected chi connectivity index (χ1v) is 9.86. The molecule has 0 fully saturated rings. The third-order valence-corrected chi connectivity index (χ3v) is 5.26. The molecule has 0 aliphatic rings. The number of hydrogen-bond donors (Lipinski definition) is 0. The minimum absolute atomic E-state index is 0.147. The van der Waals surface area contributed by atoms with Crippen molar-refractivity contribution in [3.8, 4) is 0 Å². The van der Waals surface area contributed by atoms with Crippen LogP contribution in [0.25, 0.3) is 10.2 Å². The van der Waals surface area contributed by atoms with Gasteiger partial charge in [0.05, 0.1) is 34.4 Å². The number of thiazole rings is 1. The fourth-order valence-corrected chi connectivity index (χ4v) is 3.84. The lowest BCUT2D eigenvalue weighted by atomic mass is 10.2. The number of nitrogens with zero attached hydrogens (tertiary/aromatic N) is 3. The number of carbonyl (C=O) groups excluding carboxylic acids is 3. The van der Waals surface area contributed by atoms with E-state index in [1.54, 1.807) is 25.1 Å². The maximum Gasteiger partial charge on any atom is 0.337 e. The minimum Gasteiger partial charge on any atom is -0.465 e. The molecular formula is C20H17N3O7S. The van der Waals surface area contributed by atoms with Crippen molar-refractivity contribution in [2.45, 2.75) is 13.5 Å². The molecule has 0 aliphatic heterocycles. The van der Waals surface area contributed by atoms with Crippen molar-refractivity contribution >= 4 is 45.1 Å². The molecule has 0 bridgehead atoms. The smallest absolute Gasteiger partial charge is 0.337 e. The molecule has 160 valence electrons. The van der Waals surface area contributed by atoms with Crippen molar-refractivity contribution in [2.24, 2.45) is 4.99 Å². The van der Waals surface area contributed by atoms with E-state index in [1.807, 2.05) is 0 Å². The number of benzene rings is 2. The standard InChI is InChI=1S/C20H17N3O7S/c1-3-30-17(24)11-22-15-9-6-13(19(26)29-2)10-16(15)31-20(22)21-18(25)12-4-7-14(8-5-12)23(27)28/h4-10H,3,11H2,1-2H3. The SMILES string of the molecule is CCOC(=O)Cn1c(=NC(=O)c2ccc([N+](=O)[O-])cc2)sc2cc(C(=O)OC)ccc21. The molecule has 0 saturated carbocycles. The highest BCUT2D eigenvalue weighted by atomic mass is 32.1. The van der Waals surface area contributed by atoms with Gasteiger partial charge in [0.25, 0.3) is 11.6 Å². The number of esters is 2. The molecular weight excluding hydrogens is 426 g/mol. The molecule has 0 unspecified atom stereocenters. The van der Waals surface area contributed by atoms with E-state index in [9.17, 15) is 24.5 Å². The minimum atomic E-state index is -0.632. The molecule has 3 aromatic rings. The van der Waals surface area contributed by atoms with Crippen LogP contribution >= 0.6 is 11.3 Å². The Hall–Kier alpha value is -3.86. The Morgan fingerprint density at radius 2 is 1.81 bits per heavy atom. The Balaban J connectivity index is 2.09. The van der Waals surface area contributed by atoms with Gasteiger partial charge in [-0.1, -0.05) is 11.3 Å². The van der Waals surface area contributed by atoms with Gasteiger partial charge >= 0.3 is 11.9 Å². The fourth-order valence-electron chi connectivity index (χ4n) is 2.77. The van der Waals surface area contributed by atoms with Crippen molar-refractivity contribution in [1.29, 1.82) is 0 Å². The van der Waals surface area contributed by atoms with Gasteiger partial charge in [-0.15, -0.1) is 0 Å². The van der Waals surface area contributed by atoms with Crippen LogP contribution in [0.15, 0.2) is 47.5 Å². The van der Waals surface area contributed by atoms with Crippen LogP contribution < -0.4 is 4.80 Å². The molecule has 1 aromatic heterocycles. The van der Waals surface area contributed by atoms with Crippen LogP contribution in [0.5, 0.6) is 0 Å². The van der Waals surface area contributed by atoms with Crippen molar-refractivity contribution in [3.63, 3.8) is 0 Å². The lowest BCUT2D eigenvalue weighted by Gasteiger charge is -2.05. The number of ether oxygens (including phenoxy) is 2. The Morgan fingerprint density at radius 3 is 2.42 bits per heavy atom. The number of carbonyl (C=O) groups is 3. The molecule has 0 N–H and O–H groups in total. The average Bonchev–Trinajstić information content (AvgIpc) is 3.09. The van der Waals surface area contributed by atoms with Gasteiger partial charge in [-0.25, -0.2) is 4.79 Å². The van der Waals surface area contributed by atoms with E-state index in [-0.39, 0.29) is 29.2 Å². The Kier molecular flexibility index (Phi) is 6.55. The highest BCUT2D eigenvalue weighted by molar-refractivity contribution is 7.16. The second kappa shape index (κ2) is 9.30. The second-order valence-corrected chi connectivity index (χ2v) is 7.18. The van der Waals surface area contributed by atoms with Gasteiger partial charge in [-0.05, 0) is 37.3 Å². The number of non-ortho nitro benzene ring substituents is 1. The monoisotopic (exact) mass is 443 g/mol. The molecule has 31 heavy (non-hydrogen) atoms. The van der Waals surface area contributed by atoms with E-state index < -0.39 is 22.8 Å². The Labute approximate surface area is 179 Å². The molecule has 0 atom stereocenters. The molecule has 2 aromatic carbocycles. The first-order chi connectivity index (χ1) is 14.8.